The minimum Gasteiger partial charge on any atom is -0.389 e. The van der Waals surface area contributed by atoms with Crippen LogP contribution in [0.25, 0.3) is 16.9 Å². The first-order valence-electron chi connectivity index (χ1n) is 14.1. The van der Waals surface area contributed by atoms with Crippen LogP contribution in [0.2, 0.25) is 0 Å². The Labute approximate surface area is 247 Å². The summed E-state index contributed by atoms with van der Waals surface area (Å²) in [4.78, 5) is 31.4. The van der Waals surface area contributed by atoms with Crippen LogP contribution in [0.3, 0.4) is 0 Å². The van der Waals surface area contributed by atoms with Crippen molar-refractivity contribution in [3.05, 3.63) is 58.5 Å². The van der Waals surface area contributed by atoms with Gasteiger partial charge in [-0.2, -0.15) is 5.26 Å². The summed E-state index contributed by atoms with van der Waals surface area (Å²) in [6.45, 7) is 8.48. The van der Waals surface area contributed by atoms with Crippen LogP contribution in [0, 0.1) is 24.1 Å². The Kier molecular flexibility index (Phi) is 7.57. The molecule has 0 unspecified atom stereocenters. The number of hydrogen-bond acceptors (Lipinski definition) is 9. The van der Waals surface area contributed by atoms with E-state index in [-0.39, 0.29) is 17.6 Å². The van der Waals surface area contributed by atoms with Gasteiger partial charge in [0.05, 0.1) is 41.4 Å². The third-order valence-electron chi connectivity index (χ3n) is 8.04. The summed E-state index contributed by atoms with van der Waals surface area (Å²) in [6, 6.07) is 10.4. The molecule has 42 heavy (non-hydrogen) atoms. The molecule has 2 saturated heterocycles. The molecule has 0 saturated carbocycles. The van der Waals surface area contributed by atoms with Gasteiger partial charge < -0.3 is 19.8 Å². The third-order valence-corrected chi connectivity index (χ3v) is 9.09. The highest BCUT2D eigenvalue weighted by Gasteiger charge is 2.30. The minimum absolute atomic E-state index is 0.0808. The number of anilines is 3. The highest BCUT2D eigenvalue weighted by molar-refractivity contribution is 7.16. The van der Waals surface area contributed by atoms with Crippen LogP contribution in [0.1, 0.15) is 23.1 Å². The second-order valence-electron chi connectivity index (χ2n) is 10.8. The number of nitriles is 1. The lowest BCUT2D eigenvalue weighted by Crippen LogP contribution is -2.57. The zero-order chi connectivity index (χ0) is 29.5. The fraction of sp³-hybridized carbons (Fsp3) is 0.400. The van der Waals surface area contributed by atoms with E-state index >= 15 is 0 Å². The van der Waals surface area contributed by atoms with Gasteiger partial charge in [-0.15, -0.1) is 11.3 Å². The molecule has 2 fully saturated rings. The van der Waals surface area contributed by atoms with Gasteiger partial charge in [0.2, 0.25) is 5.91 Å². The molecule has 1 N–H and O–H groups in total. The number of fused-ring (bicyclic) bond motifs is 1. The zero-order valence-electron chi connectivity index (χ0n) is 23.9. The van der Waals surface area contributed by atoms with E-state index in [2.05, 4.69) is 39.5 Å². The summed E-state index contributed by atoms with van der Waals surface area (Å²) in [5.41, 5.74) is 4.42. The normalized spacial score (nSPS) is 16.1. The van der Waals surface area contributed by atoms with Gasteiger partial charge in [-0.1, -0.05) is 6.92 Å². The van der Waals surface area contributed by atoms with Gasteiger partial charge in [0.1, 0.15) is 17.3 Å². The monoisotopic (exact) mass is 588 g/mol. The quantitative estimate of drug-likeness (QED) is 0.350. The van der Waals surface area contributed by atoms with Crippen molar-refractivity contribution >= 4 is 39.5 Å². The Hall–Kier alpha value is -4.05. The molecule has 1 amide bonds. The van der Waals surface area contributed by atoms with Crippen molar-refractivity contribution in [1.29, 1.82) is 5.26 Å². The van der Waals surface area contributed by atoms with Gasteiger partial charge in [-0.25, -0.2) is 14.4 Å². The number of nitrogens with zero attached hydrogens (tertiary/aromatic N) is 8. The van der Waals surface area contributed by atoms with E-state index in [0.717, 1.165) is 65.5 Å². The number of aliphatic hydroxyl groups excluding tert-OH is 1. The van der Waals surface area contributed by atoms with Crippen molar-refractivity contribution in [2.24, 2.45) is 0 Å². The average molecular weight is 589 g/mol. The summed E-state index contributed by atoms with van der Waals surface area (Å²) in [5, 5.41) is 19.8. The topological polar surface area (TPSA) is 104 Å². The predicted octanol–water partition coefficient (Wildman–Crippen LogP) is 3.43. The molecule has 0 spiro atoms. The van der Waals surface area contributed by atoms with Gasteiger partial charge >= 0.3 is 0 Å². The molecule has 3 aromatic heterocycles. The fourth-order valence-electron chi connectivity index (χ4n) is 5.65. The second kappa shape index (κ2) is 11.3. The van der Waals surface area contributed by atoms with E-state index in [9.17, 15) is 19.6 Å². The summed E-state index contributed by atoms with van der Waals surface area (Å²) in [5.74, 6) is 0.560. The van der Waals surface area contributed by atoms with Crippen LogP contribution in [-0.4, -0.2) is 94.1 Å². The first-order valence-corrected chi connectivity index (χ1v) is 14.9. The SMILES string of the molecule is CCc1nc2ccc(N3CCN(CC(=O)N4CC(O)C4)CC3)cn2c1N(C)c1nc(-c2ccc(F)cc2C#N)c(C)s1. The number of likely N-dealkylation sites (tertiary alicyclic amines) is 1. The number of rotatable bonds is 7. The molecule has 5 heterocycles. The molecule has 2 aliphatic rings. The Morgan fingerprint density at radius 2 is 1.95 bits per heavy atom. The van der Waals surface area contributed by atoms with Crippen LogP contribution in [0.5, 0.6) is 0 Å². The molecule has 0 radical (unpaired) electrons. The first-order chi connectivity index (χ1) is 20.2. The van der Waals surface area contributed by atoms with Crippen LogP contribution >= 0.6 is 11.3 Å². The molecule has 10 nitrogen and oxygen atoms in total. The van der Waals surface area contributed by atoms with Crippen LogP contribution < -0.4 is 9.80 Å². The summed E-state index contributed by atoms with van der Waals surface area (Å²) in [7, 11) is 1.97. The second-order valence-corrected chi connectivity index (χ2v) is 12.0. The highest BCUT2D eigenvalue weighted by Crippen LogP contribution is 2.38. The van der Waals surface area contributed by atoms with E-state index in [0.29, 0.717) is 30.9 Å². The molecule has 0 bridgehead atoms. The lowest BCUT2D eigenvalue weighted by molar-refractivity contribution is -0.142. The Bertz CT molecular complexity index is 1680. The Balaban J connectivity index is 1.24. The van der Waals surface area contributed by atoms with Crippen molar-refractivity contribution in [1.82, 2.24) is 24.2 Å². The van der Waals surface area contributed by atoms with Gasteiger partial charge in [0.15, 0.2) is 5.13 Å². The van der Waals surface area contributed by atoms with Gasteiger partial charge in [0.25, 0.3) is 0 Å². The summed E-state index contributed by atoms with van der Waals surface area (Å²) < 4.78 is 15.9. The number of benzene rings is 1. The van der Waals surface area contributed by atoms with E-state index in [1.54, 1.807) is 11.0 Å². The van der Waals surface area contributed by atoms with Gasteiger partial charge in [-0.05, 0) is 43.7 Å². The van der Waals surface area contributed by atoms with Crippen molar-refractivity contribution < 1.29 is 14.3 Å². The van der Waals surface area contributed by atoms with Crippen molar-refractivity contribution in [2.75, 3.05) is 62.7 Å². The molecular weight excluding hydrogens is 555 g/mol. The number of piperazine rings is 1. The summed E-state index contributed by atoms with van der Waals surface area (Å²) >= 11 is 1.52. The van der Waals surface area contributed by atoms with Crippen LogP contribution in [-0.2, 0) is 11.2 Å². The smallest absolute Gasteiger partial charge is 0.236 e. The standard InChI is InChI=1S/C30H33FN8O2S/c1-4-25-29(35(3)30-34-28(19(2)42-30)24-7-5-21(31)13-20(24)14-32)39-15-22(6-8-26(39)33-25)37-11-9-36(10-12-37)18-27(41)38-16-23(40)17-38/h5-8,13,15,23,40H,4,9-12,16-18H2,1-3H3. The Morgan fingerprint density at radius 3 is 2.64 bits per heavy atom. The molecule has 4 aromatic rings. The van der Waals surface area contributed by atoms with Crippen molar-refractivity contribution in [3.8, 4) is 17.3 Å². The number of pyridine rings is 1. The van der Waals surface area contributed by atoms with Crippen molar-refractivity contribution in [3.63, 3.8) is 0 Å². The van der Waals surface area contributed by atoms with E-state index in [4.69, 9.17) is 9.97 Å². The zero-order valence-corrected chi connectivity index (χ0v) is 24.7. The molecule has 6 rings (SSSR count). The lowest BCUT2D eigenvalue weighted by Gasteiger charge is -2.39. The number of aryl methyl sites for hydroxylation is 2. The predicted molar refractivity (Wildman–Crippen MR) is 161 cm³/mol. The number of thiazole rings is 1. The first kappa shape index (κ1) is 28.1. The number of imidazole rings is 1. The maximum atomic E-state index is 13.8. The molecule has 12 heteroatoms. The minimum atomic E-state index is -0.447. The molecule has 0 aliphatic carbocycles. The van der Waals surface area contributed by atoms with Crippen molar-refractivity contribution in [2.45, 2.75) is 26.4 Å². The van der Waals surface area contributed by atoms with Gasteiger partial charge in [0, 0.05) is 63.0 Å². The molecule has 218 valence electrons. The number of β-amino-alcohol motifs (C(OH)–C–C–N with tert-alkyl or cyclic N) is 1. The van der Waals surface area contributed by atoms with E-state index in [1.165, 1.54) is 23.5 Å². The highest BCUT2D eigenvalue weighted by atomic mass is 32.1. The number of halogens is 1. The lowest BCUT2D eigenvalue weighted by atomic mass is 10.0. The maximum Gasteiger partial charge on any atom is 0.236 e. The number of hydrogen-bond donors (Lipinski definition) is 1. The van der Waals surface area contributed by atoms with Gasteiger partial charge in [-0.3, -0.25) is 14.1 Å². The Morgan fingerprint density at radius 1 is 1.19 bits per heavy atom. The summed E-state index contributed by atoms with van der Waals surface area (Å²) in [6.07, 6.45) is 2.48. The third kappa shape index (κ3) is 5.19. The molecular formula is C30H33FN8O2S. The number of aromatic nitrogens is 3. The number of amides is 1. The molecule has 2 aliphatic heterocycles. The number of aliphatic hydroxyl groups is 1. The molecule has 0 atom stereocenters. The van der Waals surface area contributed by atoms with Crippen LogP contribution in [0.15, 0.2) is 36.5 Å². The molecule has 1 aromatic carbocycles. The maximum absolute atomic E-state index is 13.8. The number of carbonyl (C=O) groups is 1. The largest absolute Gasteiger partial charge is 0.389 e. The van der Waals surface area contributed by atoms with E-state index in [1.807, 2.05) is 24.9 Å². The van der Waals surface area contributed by atoms with E-state index < -0.39 is 5.82 Å². The average Bonchev–Trinajstić information content (AvgIpc) is 3.55. The fourth-order valence-corrected chi connectivity index (χ4v) is 6.53. The number of carbonyl (C=O) groups excluding carboxylic acids is 1. The van der Waals surface area contributed by atoms with Crippen LogP contribution in [0.4, 0.5) is 21.0 Å².